The Hall–Kier alpha value is -1.61. The van der Waals surface area contributed by atoms with Gasteiger partial charge in [-0.2, -0.15) is 0 Å². The van der Waals surface area contributed by atoms with Crippen LogP contribution < -0.4 is 0 Å². The first-order valence-electron chi connectivity index (χ1n) is 8.45. The van der Waals surface area contributed by atoms with E-state index in [1.54, 1.807) is 6.08 Å². The Kier molecular flexibility index (Phi) is 4.94. The molecular weight excluding hydrogens is 274 g/mol. The predicted octanol–water partition coefficient (Wildman–Crippen LogP) is 3.81. The van der Waals surface area contributed by atoms with E-state index in [9.17, 15) is 4.79 Å². The summed E-state index contributed by atoms with van der Waals surface area (Å²) in [6.07, 6.45) is 10.4. The van der Waals surface area contributed by atoms with Crippen LogP contribution in [0.25, 0.3) is 0 Å². The molecule has 2 fully saturated rings. The molecular formula is C19H25NO2. The molecule has 0 amide bonds. The van der Waals surface area contributed by atoms with E-state index in [-0.39, 0.29) is 0 Å². The highest BCUT2D eigenvalue weighted by Crippen LogP contribution is 2.36. The second-order valence-corrected chi connectivity index (χ2v) is 6.64. The molecule has 1 aliphatic carbocycles. The van der Waals surface area contributed by atoms with Crippen molar-refractivity contribution in [3.8, 4) is 0 Å². The number of carboxylic acid groups (broad SMARTS) is 1. The fourth-order valence-corrected chi connectivity index (χ4v) is 3.60. The SMILES string of the molecule is O=C(O)/C=C/Cc1ccc([C@@H]2CCCN2CC2CCC2)cc1. The maximum absolute atomic E-state index is 10.5. The second-order valence-electron chi connectivity index (χ2n) is 6.64. The minimum Gasteiger partial charge on any atom is -0.478 e. The highest BCUT2D eigenvalue weighted by molar-refractivity contribution is 5.79. The zero-order chi connectivity index (χ0) is 15.4. The minimum absolute atomic E-state index is 0.587. The molecule has 0 unspecified atom stereocenters. The topological polar surface area (TPSA) is 40.5 Å². The predicted molar refractivity (Wildman–Crippen MR) is 87.8 cm³/mol. The van der Waals surface area contributed by atoms with E-state index in [0.717, 1.165) is 5.92 Å². The lowest BCUT2D eigenvalue weighted by Gasteiger charge is -2.33. The van der Waals surface area contributed by atoms with Gasteiger partial charge in [0.1, 0.15) is 0 Å². The second kappa shape index (κ2) is 7.10. The molecule has 0 spiro atoms. The number of hydrogen-bond donors (Lipinski definition) is 1. The molecule has 1 saturated carbocycles. The highest BCUT2D eigenvalue weighted by Gasteiger charge is 2.29. The Balaban J connectivity index is 1.60. The van der Waals surface area contributed by atoms with Gasteiger partial charge in [0.05, 0.1) is 0 Å². The molecule has 1 N–H and O–H groups in total. The number of carbonyl (C=O) groups is 1. The van der Waals surface area contributed by atoms with E-state index in [2.05, 4.69) is 29.2 Å². The lowest BCUT2D eigenvalue weighted by molar-refractivity contribution is -0.131. The van der Waals surface area contributed by atoms with Gasteiger partial charge < -0.3 is 5.11 Å². The van der Waals surface area contributed by atoms with Crippen molar-refractivity contribution < 1.29 is 9.90 Å². The first-order chi connectivity index (χ1) is 10.7. The molecule has 1 aliphatic heterocycles. The molecule has 3 nitrogen and oxygen atoms in total. The molecule has 1 saturated heterocycles. The molecule has 118 valence electrons. The quantitative estimate of drug-likeness (QED) is 0.812. The maximum atomic E-state index is 10.5. The summed E-state index contributed by atoms with van der Waals surface area (Å²) in [6, 6.07) is 9.33. The van der Waals surface area contributed by atoms with Crippen LogP contribution in [0.4, 0.5) is 0 Å². The zero-order valence-electron chi connectivity index (χ0n) is 13.1. The van der Waals surface area contributed by atoms with E-state index in [1.807, 2.05) is 0 Å². The number of carboxylic acids is 1. The van der Waals surface area contributed by atoms with Crippen LogP contribution in [0.5, 0.6) is 0 Å². The van der Waals surface area contributed by atoms with Crippen LogP contribution >= 0.6 is 0 Å². The molecule has 0 radical (unpaired) electrons. The minimum atomic E-state index is -0.880. The smallest absolute Gasteiger partial charge is 0.327 e. The molecule has 1 atom stereocenters. The molecule has 2 aliphatic rings. The summed E-state index contributed by atoms with van der Waals surface area (Å²) in [4.78, 5) is 13.1. The number of likely N-dealkylation sites (tertiary alicyclic amines) is 1. The molecule has 1 aromatic rings. The van der Waals surface area contributed by atoms with Crippen LogP contribution in [0.1, 0.15) is 49.3 Å². The van der Waals surface area contributed by atoms with Gasteiger partial charge in [0.2, 0.25) is 0 Å². The fraction of sp³-hybridized carbons (Fsp3) is 0.526. The molecule has 0 aromatic heterocycles. The van der Waals surface area contributed by atoms with Gasteiger partial charge in [-0.05, 0) is 55.7 Å². The Bertz CT molecular complexity index is 531. The number of allylic oxidation sites excluding steroid dienone is 1. The third-order valence-corrected chi connectivity index (χ3v) is 5.06. The first-order valence-corrected chi connectivity index (χ1v) is 8.45. The number of hydrogen-bond acceptors (Lipinski definition) is 2. The van der Waals surface area contributed by atoms with Crippen molar-refractivity contribution in [2.75, 3.05) is 13.1 Å². The number of aliphatic carboxylic acids is 1. The molecule has 1 aromatic carbocycles. The van der Waals surface area contributed by atoms with Crippen LogP contribution in [0.15, 0.2) is 36.4 Å². The van der Waals surface area contributed by atoms with Gasteiger partial charge in [-0.15, -0.1) is 0 Å². The summed E-state index contributed by atoms with van der Waals surface area (Å²) >= 11 is 0. The van der Waals surface area contributed by atoms with Crippen molar-refractivity contribution in [2.24, 2.45) is 5.92 Å². The lowest BCUT2D eigenvalue weighted by Crippen LogP contribution is -2.32. The van der Waals surface area contributed by atoms with Crippen molar-refractivity contribution in [2.45, 2.75) is 44.6 Å². The Morgan fingerprint density at radius 3 is 2.59 bits per heavy atom. The Morgan fingerprint density at radius 1 is 1.18 bits per heavy atom. The monoisotopic (exact) mass is 299 g/mol. The van der Waals surface area contributed by atoms with E-state index < -0.39 is 5.97 Å². The van der Waals surface area contributed by atoms with Crippen LogP contribution in [0.2, 0.25) is 0 Å². The largest absolute Gasteiger partial charge is 0.478 e. The van der Waals surface area contributed by atoms with E-state index in [4.69, 9.17) is 5.11 Å². The molecule has 1 heterocycles. The van der Waals surface area contributed by atoms with Crippen molar-refractivity contribution in [3.05, 3.63) is 47.5 Å². The van der Waals surface area contributed by atoms with Gasteiger partial charge in [-0.25, -0.2) is 4.79 Å². The number of rotatable bonds is 6. The van der Waals surface area contributed by atoms with Crippen LogP contribution in [0, 0.1) is 5.92 Å². The van der Waals surface area contributed by atoms with E-state index in [0.29, 0.717) is 12.5 Å². The Labute approximate surface area is 132 Å². The molecule has 22 heavy (non-hydrogen) atoms. The van der Waals surface area contributed by atoms with Crippen LogP contribution in [-0.2, 0) is 11.2 Å². The fourth-order valence-electron chi connectivity index (χ4n) is 3.60. The van der Waals surface area contributed by atoms with Crippen LogP contribution in [-0.4, -0.2) is 29.1 Å². The average Bonchev–Trinajstić information content (AvgIpc) is 2.91. The first kappa shape index (κ1) is 15.3. The van der Waals surface area contributed by atoms with Gasteiger partial charge in [-0.1, -0.05) is 36.8 Å². The highest BCUT2D eigenvalue weighted by atomic mass is 16.4. The van der Waals surface area contributed by atoms with E-state index in [1.165, 1.54) is 62.4 Å². The van der Waals surface area contributed by atoms with E-state index >= 15 is 0 Å². The zero-order valence-corrected chi connectivity index (χ0v) is 13.1. The summed E-state index contributed by atoms with van der Waals surface area (Å²) in [5.74, 6) is 0.0511. The molecule has 3 heteroatoms. The maximum Gasteiger partial charge on any atom is 0.327 e. The summed E-state index contributed by atoms with van der Waals surface area (Å²) in [6.45, 7) is 2.51. The van der Waals surface area contributed by atoms with Gasteiger partial charge >= 0.3 is 5.97 Å². The normalized spacial score (nSPS) is 23.0. The van der Waals surface area contributed by atoms with Crippen molar-refractivity contribution >= 4 is 5.97 Å². The van der Waals surface area contributed by atoms with Gasteiger partial charge in [0.15, 0.2) is 0 Å². The molecule has 3 rings (SSSR count). The third kappa shape index (κ3) is 3.77. The summed E-state index contributed by atoms with van der Waals surface area (Å²) in [5.41, 5.74) is 2.59. The van der Waals surface area contributed by atoms with Crippen molar-refractivity contribution in [1.82, 2.24) is 4.90 Å². The number of nitrogens with zero attached hydrogens (tertiary/aromatic N) is 1. The van der Waals surface area contributed by atoms with Crippen LogP contribution in [0.3, 0.4) is 0 Å². The Morgan fingerprint density at radius 2 is 1.95 bits per heavy atom. The average molecular weight is 299 g/mol. The van der Waals surface area contributed by atoms with Gasteiger partial charge in [0.25, 0.3) is 0 Å². The van der Waals surface area contributed by atoms with Gasteiger partial charge in [0, 0.05) is 18.7 Å². The molecule has 0 bridgehead atoms. The van der Waals surface area contributed by atoms with Gasteiger partial charge in [-0.3, -0.25) is 4.90 Å². The summed E-state index contributed by atoms with van der Waals surface area (Å²) in [7, 11) is 0. The summed E-state index contributed by atoms with van der Waals surface area (Å²) in [5, 5.41) is 8.61. The third-order valence-electron chi connectivity index (χ3n) is 5.06. The number of benzene rings is 1. The van der Waals surface area contributed by atoms with Crippen molar-refractivity contribution in [3.63, 3.8) is 0 Å². The summed E-state index contributed by atoms with van der Waals surface area (Å²) < 4.78 is 0. The standard InChI is InChI=1S/C19H25NO2/c21-19(22)8-2-4-15-9-11-17(12-10-15)18-7-3-13-20(18)14-16-5-1-6-16/h2,8-12,16,18H,1,3-7,13-14H2,(H,21,22)/b8-2+/t18-/m0/s1. The lowest BCUT2D eigenvalue weighted by atomic mass is 9.85. The van der Waals surface area contributed by atoms with Crippen molar-refractivity contribution in [1.29, 1.82) is 0 Å².